The molecule has 0 bridgehead atoms. The summed E-state index contributed by atoms with van der Waals surface area (Å²) < 4.78 is 16.4. The Balaban J connectivity index is 1.55. The van der Waals surface area contributed by atoms with Crippen LogP contribution in [0.5, 0.6) is 11.5 Å². The average molecular weight is 356 g/mol. The molecule has 0 saturated carbocycles. The topological polar surface area (TPSA) is 85.8 Å². The molecule has 0 radical (unpaired) electrons. The summed E-state index contributed by atoms with van der Waals surface area (Å²) >= 11 is 0. The second-order valence-electron chi connectivity index (χ2n) is 6.07. The number of amides is 1. The normalized spacial score (nSPS) is 16.3. The van der Waals surface area contributed by atoms with Crippen LogP contribution >= 0.6 is 0 Å². The van der Waals surface area contributed by atoms with Crippen LogP contribution in [-0.4, -0.2) is 60.3 Å². The number of fused-ring (bicyclic) bond motifs is 1. The van der Waals surface area contributed by atoms with Gasteiger partial charge >= 0.3 is 0 Å². The van der Waals surface area contributed by atoms with Crippen molar-refractivity contribution >= 4 is 17.4 Å². The second kappa shape index (κ2) is 7.17. The number of aryl methyl sites for hydroxylation is 1. The minimum absolute atomic E-state index is 0.107. The van der Waals surface area contributed by atoms with E-state index in [4.69, 9.17) is 14.2 Å². The van der Waals surface area contributed by atoms with E-state index in [1.54, 1.807) is 17.9 Å². The molecule has 0 unspecified atom stereocenters. The van der Waals surface area contributed by atoms with Gasteiger partial charge in [-0.15, -0.1) is 0 Å². The first-order valence-electron chi connectivity index (χ1n) is 8.58. The van der Waals surface area contributed by atoms with Crippen molar-refractivity contribution in [2.75, 3.05) is 44.8 Å². The number of morpholine rings is 1. The zero-order valence-corrected chi connectivity index (χ0v) is 14.5. The highest BCUT2D eigenvalue weighted by Crippen LogP contribution is 2.33. The summed E-state index contributed by atoms with van der Waals surface area (Å²) in [6.45, 7) is 5.11. The number of carbonyl (C=O) groups is 1. The molecule has 0 atom stereocenters. The standard InChI is InChI=1S/C18H20N4O4/c1-12-19-14(18(23)22-4-6-24-7-5-22)11-17(20-12)21-13-2-3-15-16(10-13)26-9-8-25-15/h2-3,10-11H,4-9H2,1H3,(H,19,20,21). The molecule has 4 rings (SSSR count). The lowest BCUT2D eigenvalue weighted by Gasteiger charge is -2.26. The lowest BCUT2D eigenvalue weighted by molar-refractivity contribution is 0.0299. The summed E-state index contributed by atoms with van der Waals surface area (Å²) in [5.74, 6) is 2.40. The van der Waals surface area contributed by atoms with E-state index in [9.17, 15) is 4.79 Å². The lowest BCUT2D eigenvalue weighted by Crippen LogP contribution is -2.41. The van der Waals surface area contributed by atoms with E-state index in [-0.39, 0.29) is 5.91 Å². The van der Waals surface area contributed by atoms with Crippen LogP contribution in [0.4, 0.5) is 11.5 Å². The molecule has 8 nitrogen and oxygen atoms in total. The van der Waals surface area contributed by atoms with Gasteiger partial charge in [-0.2, -0.15) is 0 Å². The van der Waals surface area contributed by atoms with Crippen molar-refractivity contribution in [1.29, 1.82) is 0 Å². The second-order valence-corrected chi connectivity index (χ2v) is 6.07. The monoisotopic (exact) mass is 356 g/mol. The molecule has 2 aromatic rings. The highest BCUT2D eigenvalue weighted by molar-refractivity contribution is 5.93. The van der Waals surface area contributed by atoms with Crippen LogP contribution in [0, 0.1) is 6.92 Å². The molecule has 3 heterocycles. The summed E-state index contributed by atoms with van der Waals surface area (Å²) in [7, 11) is 0. The van der Waals surface area contributed by atoms with Gasteiger partial charge in [-0.25, -0.2) is 9.97 Å². The number of hydrogen-bond donors (Lipinski definition) is 1. The van der Waals surface area contributed by atoms with E-state index in [0.717, 1.165) is 11.4 Å². The maximum atomic E-state index is 12.7. The fraction of sp³-hybridized carbons (Fsp3) is 0.389. The minimum atomic E-state index is -0.107. The predicted molar refractivity (Wildman–Crippen MR) is 94.2 cm³/mol. The highest BCUT2D eigenvalue weighted by Gasteiger charge is 2.21. The van der Waals surface area contributed by atoms with Gasteiger partial charge in [0.15, 0.2) is 11.5 Å². The third kappa shape index (κ3) is 3.55. The Labute approximate surface area is 151 Å². The Morgan fingerprint density at radius 3 is 2.62 bits per heavy atom. The number of nitrogens with one attached hydrogen (secondary N) is 1. The summed E-state index contributed by atoms with van der Waals surface area (Å²) in [6, 6.07) is 7.26. The van der Waals surface area contributed by atoms with Crippen molar-refractivity contribution < 1.29 is 19.0 Å². The van der Waals surface area contributed by atoms with Crippen LogP contribution in [0.25, 0.3) is 0 Å². The number of nitrogens with zero attached hydrogens (tertiary/aromatic N) is 3. The molecular weight excluding hydrogens is 336 g/mol. The Kier molecular flexibility index (Phi) is 4.57. The number of ether oxygens (including phenoxy) is 3. The number of rotatable bonds is 3. The molecule has 1 aromatic carbocycles. The molecule has 2 aliphatic heterocycles. The number of hydrogen-bond acceptors (Lipinski definition) is 7. The number of benzene rings is 1. The first-order chi connectivity index (χ1) is 12.7. The quantitative estimate of drug-likeness (QED) is 0.897. The fourth-order valence-corrected chi connectivity index (χ4v) is 2.94. The van der Waals surface area contributed by atoms with Crippen molar-refractivity contribution in [2.45, 2.75) is 6.92 Å². The fourth-order valence-electron chi connectivity index (χ4n) is 2.94. The molecule has 1 fully saturated rings. The van der Waals surface area contributed by atoms with Gasteiger partial charge in [0, 0.05) is 30.9 Å². The van der Waals surface area contributed by atoms with Gasteiger partial charge in [-0.3, -0.25) is 4.79 Å². The molecule has 136 valence electrons. The zero-order valence-electron chi connectivity index (χ0n) is 14.5. The van der Waals surface area contributed by atoms with E-state index in [1.165, 1.54) is 0 Å². The third-order valence-corrected chi connectivity index (χ3v) is 4.17. The number of carbonyl (C=O) groups excluding carboxylic acids is 1. The molecule has 1 saturated heterocycles. The van der Waals surface area contributed by atoms with Gasteiger partial charge in [-0.1, -0.05) is 0 Å². The number of aromatic nitrogens is 2. The number of anilines is 2. The van der Waals surface area contributed by atoms with Crippen molar-refractivity contribution in [3.63, 3.8) is 0 Å². The Morgan fingerprint density at radius 1 is 1.04 bits per heavy atom. The molecule has 0 spiro atoms. The van der Waals surface area contributed by atoms with Gasteiger partial charge in [0.05, 0.1) is 13.2 Å². The van der Waals surface area contributed by atoms with E-state index in [1.807, 2.05) is 18.2 Å². The van der Waals surface area contributed by atoms with E-state index >= 15 is 0 Å². The molecule has 2 aliphatic rings. The molecule has 1 amide bonds. The van der Waals surface area contributed by atoms with Crippen molar-refractivity contribution in [2.24, 2.45) is 0 Å². The van der Waals surface area contributed by atoms with E-state index in [2.05, 4.69) is 15.3 Å². The summed E-state index contributed by atoms with van der Waals surface area (Å²) in [5.41, 5.74) is 1.18. The van der Waals surface area contributed by atoms with E-state index < -0.39 is 0 Å². The van der Waals surface area contributed by atoms with Crippen LogP contribution in [0.1, 0.15) is 16.3 Å². The largest absolute Gasteiger partial charge is 0.486 e. The molecular formula is C18H20N4O4. The van der Waals surface area contributed by atoms with E-state index in [0.29, 0.717) is 62.6 Å². The zero-order chi connectivity index (χ0) is 17.9. The molecule has 8 heteroatoms. The lowest BCUT2D eigenvalue weighted by atomic mass is 10.2. The van der Waals surface area contributed by atoms with Gasteiger partial charge in [0.2, 0.25) is 0 Å². The SMILES string of the molecule is Cc1nc(Nc2ccc3c(c2)OCCO3)cc(C(=O)N2CCOCC2)n1. The third-order valence-electron chi connectivity index (χ3n) is 4.17. The minimum Gasteiger partial charge on any atom is -0.486 e. The molecule has 1 N–H and O–H groups in total. The predicted octanol–water partition coefficient (Wildman–Crippen LogP) is 1.77. The summed E-state index contributed by atoms with van der Waals surface area (Å²) in [5, 5.41) is 3.21. The Hall–Kier alpha value is -2.87. The van der Waals surface area contributed by atoms with Gasteiger partial charge in [0.1, 0.15) is 30.5 Å². The average Bonchev–Trinajstić information content (AvgIpc) is 2.67. The molecule has 1 aromatic heterocycles. The first kappa shape index (κ1) is 16.6. The van der Waals surface area contributed by atoms with Crippen LogP contribution in [0.2, 0.25) is 0 Å². The van der Waals surface area contributed by atoms with Crippen LogP contribution in [0.15, 0.2) is 24.3 Å². The maximum absolute atomic E-state index is 12.7. The van der Waals surface area contributed by atoms with Crippen molar-refractivity contribution in [3.8, 4) is 11.5 Å². The highest BCUT2D eigenvalue weighted by atomic mass is 16.6. The van der Waals surface area contributed by atoms with Crippen LogP contribution in [-0.2, 0) is 4.74 Å². The van der Waals surface area contributed by atoms with Gasteiger partial charge in [0.25, 0.3) is 5.91 Å². The van der Waals surface area contributed by atoms with Gasteiger partial charge < -0.3 is 24.4 Å². The smallest absolute Gasteiger partial charge is 0.272 e. The van der Waals surface area contributed by atoms with Gasteiger partial charge in [-0.05, 0) is 19.1 Å². The first-order valence-corrected chi connectivity index (χ1v) is 8.58. The summed E-state index contributed by atoms with van der Waals surface area (Å²) in [4.78, 5) is 23.1. The maximum Gasteiger partial charge on any atom is 0.272 e. The van der Waals surface area contributed by atoms with Crippen LogP contribution < -0.4 is 14.8 Å². The van der Waals surface area contributed by atoms with Crippen LogP contribution in [0.3, 0.4) is 0 Å². The molecule has 0 aliphatic carbocycles. The van der Waals surface area contributed by atoms with Crippen molar-refractivity contribution in [3.05, 3.63) is 35.8 Å². The Bertz CT molecular complexity index is 821. The summed E-state index contributed by atoms with van der Waals surface area (Å²) in [6.07, 6.45) is 0. The Morgan fingerprint density at radius 2 is 1.81 bits per heavy atom. The van der Waals surface area contributed by atoms with Crippen molar-refractivity contribution in [1.82, 2.24) is 14.9 Å². The molecule has 26 heavy (non-hydrogen) atoms.